The van der Waals surface area contributed by atoms with Crippen molar-refractivity contribution in [2.75, 3.05) is 30.8 Å². The van der Waals surface area contributed by atoms with E-state index >= 15 is 0 Å². The maximum absolute atomic E-state index is 11.1. The van der Waals surface area contributed by atoms with Crippen LogP contribution in [0.25, 0.3) is 0 Å². The Morgan fingerprint density at radius 1 is 1.56 bits per heavy atom. The van der Waals surface area contributed by atoms with Gasteiger partial charge in [0.1, 0.15) is 5.69 Å². The average Bonchev–Trinajstić information content (AvgIpc) is 2.75. The molecule has 0 aliphatic carbocycles. The molecule has 1 fully saturated rings. The molecule has 8 heteroatoms. The number of methoxy groups -OCH3 is 1. The van der Waals surface area contributed by atoms with Crippen LogP contribution < -0.4 is 10.6 Å². The van der Waals surface area contributed by atoms with E-state index in [1.807, 2.05) is 4.90 Å². The predicted molar refractivity (Wildman–Crippen MR) is 65.5 cm³/mol. The molecule has 18 heavy (non-hydrogen) atoms. The summed E-state index contributed by atoms with van der Waals surface area (Å²) in [4.78, 5) is 20.3. The summed E-state index contributed by atoms with van der Waals surface area (Å²) in [5.74, 6) is 0.332. The molecule has 0 aromatic carbocycles. The summed E-state index contributed by atoms with van der Waals surface area (Å²) in [6, 6.07) is 0. The zero-order valence-corrected chi connectivity index (χ0v) is 10.3. The molecule has 2 N–H and O–H groups in total. The van der Waals surface area contributed by atoms with Crippen molar-refractivity contribution < 1.29 is 9.66 Å². The number of hydrogen-bond donors (Lipinski definition) is 1. The summed E-state index contributed by atoms with van der Waals surface area (Å²) in [5.41, 5.74) is 5.76. The molecule has 1 atom stereocenters. The van der Waals surface area contributed by atoms with Crippen molar-refractivity contribution in [3.05, 3.63) is 15.8 Å². The lowest BCUT2D eigenvalue weighted by Gasteiger charge is -2.17. The van der Waals surface area contributed by atoms with E-state index < -0.39 is 4.92 Å². The van der Waals surface area contributed by atoms with Crippen molar-refractivity contribution in [3.8, 4) is 0 Å². The van der Waals surface area contributed by atoms with Gasteiger partial charge in [0.05, 0.1) is 11.0 Å². The van der Waals surface area contributed by atoms with E-state index in [1.165, 1.54) is 0 Å². The second-order valence-electron chi connectivity index (χ2n) is 4.19. The van der Waals surface area contributed by atoms with Gasteiger partial charge in [-0.2, -0.15) is 4.98 Å². The predicted octanol–water partition coefficient (Wildman–Crippen LogP) is 0.501. The van der Waals surface area contributed by atoms with Crippen LogP contribution in [-0.4, -0.2) is 41.2 Å². The average molecular weight is 253 g/mol. The van der Waals surface area contributed by atoms with Gasteiger partial charge in [0, 0.05) is 20.2 Å². The van der Waals surface area contributed by atoms with E-state index in [1.54, 1.807) is 14.0 Å². The summed E-state index contributed by atoms with van der Waals surface area (Å²) >= 11 is 0. The minimum absolute atomic E-state index is 0.0500. The van der Waals surface area contributed by atoms with Crippen LogP contribution in [0.5, 0.6) is 0 Å². The highest BCUT2D eigenvalue weighted by Crippen LogP contribution is 2.31. The van der Waals surface area contributed by atoms with Crippen molar-refractivity contribution in [2.45, 2.75) is 19.4 Å². The van der Waals surface area contributed by atoms with Crippen LogP contribution in [0.4, 0.5) is 17.5 Å². The number of rotatable bonds is 3. The fourth-order valence-electron chi connectivity index (χ4n) is 2.12. The van der Waals surface area contributed by atoms with E-state index in [9.17, 15) is 10.1 Å². The number of aryl methyl sites for hydroxylation is 1. The number of nitrogens with two attached hydrogens (primary N) is 1. The fourth-order valence-corrected chi connectivity index (χ4v) is 2.12. The van der Waals surface area contributed by atoms with Crippen LogP contribution >= 0.6 is 0 Å². The van der Waals surface area contributed by atoms with Gasteiger partial charge in [-0.3, -0.25) is 10.1 Å². The molecule has 8 nitrogen and oxygen atoms in total. The molecular formula is C10H15N5O3. The van der Waals surface area contributed by atoms with Crippen molar-refractivity contribution in [2.24, 2.45) is 0 Å². The van der Waals surface area contributed by atoms with Crippen LogP contribution in [-0.2, 0) is 4.74 Å². The Labute approximate surface area is 104 Å². The fraction of sp³-hybridized carbons (Fsp3) is 0.600. The Balaban J connectivity index is 2.40. The number of ether oxygens (including phenoxy) is 1. The van der Waals surface area contributed by atoms with Gasteiger partial charge in [-0.05, 0) is 13.3 Å². The highest BCUT2D eigenvalue weighted by molar-refractivity contribution is 5.62. The molecule has 2 heterocycles. The van der Waals surface area contributed by atoms with Gasteiger partial charge in [0.2, 0.25) is 11.8 Å². The highest BCUT2D eigenvalue weighted by atomic mass is 16.6. The Hall–Kier alpha value is -1.96. The first-order valence-corrected chi connectivity index (χ1v) is 5.59. The van der Waals surface area contributed by atoms with Gasteiger partial charge >= 0.3 is 5.69 Å². The lowest BCUT2D eigenvalue weighted by atomic mass is 10.3. The molecular weight excluding hydrogens is 238 g/mol. The molecule has 2 rings (SSSR count). The highest BCUT2D eigenvalue weighted by Gasteiger charge is 2.31. The zero-order chi connectivity index (χ0) is 13.3. The first-order valence-electron chi connectivity index (χ1n) is 5.59. The van der Waals surface area contributed by atoms with Crippen LogP contribution in [0.2, 0.25) is 0 Å². The van der Waals surface area contributed by atoms with Crippen molar-refractivity contribution in [1.82, 2.24) is 9.97 Å². The van der Waals surface area contributed by atoms with Gasteiger partial charge in [0.25, 0.3) is 0 Å². The number of aromatic nitrogens is 2. The second kappa shape index (κ2) is 4.73. The first kappa shape index (κ1) is 12.5. The largest absolute Gasteiger partial charge is 0.380 e. The summed E-state index contributed by atoms with van der Waals surface area (Å²) in [5, 5.41) is 11.1. The SMILES string of the molecule is COC1CCN(c2nc(N)nc(C)c2[N+](=O)[O-])C1. The Morgan fingerprint density at radius 3 is 2.83 bits per heavy atom. The van der Waals surface area contributed by atoms with Gasteiger partial charge < -0.3 is 15.4 Å². The molecule has 1 saturated heterocycles. The Morgan fingerprint density at radius 2 is 2.28 bits per heavy atom. The molecule has 0 spiro atoms. The minimum Gasteiger partial charge on any atom is -0.380 e. The third-order valence-electron chi connectivity index (χ3n) is 3.02. The number of nitro groups is 1. The molecule has 1 aromatic rings. The quantitative estimate of drug-likeness (QED) is 0.617. The molecule has 1 aliphatic rings. The zero-order valence-electron chi connectivity index (χ0n) is 10.3. The van der Waals surface area contributed by atoms with Crippen LogP contribution in [0.3, 0.4) is 0 Å². The Kier molecular flexibility index (Phi) is 3.28. The van der Waals surface area contributed by atoms with E-state index in [2.05, 4.69) is 9.97 Å². The molecule has 0 radical (unpaired) electrons. The van der Waals surface area contributed by atoms with Crippen molar-refractivity contribution >= 4 is 17.5 Å². The second-order valence-corrected chi connectivity index (χ2v) is 4.19. The minimum atomic E-state index is -0.468. The van der Waals surface area contributed by atoms with Crippen molar-refractivity contribution in [1.29, 1.82) is 0 Å². The van der Waals surface area contributed by atoms with E-state index in [4.69, 9.17) is 10.5 Å². The lowest BCUT2D eigenvalue weighted by Crippen LogP contribution is -2.25. The van der Waals surface area contributed by atoms with Gasteiger partial charge in [-0.25, -0.2) is 4.98 Å². The van der Waals surface area contributed by atoms with E-state index in [0.29, 0.717) is 13.1 Å². The summed E-state index contributed by atoms with van der Waals surface area (Å²) in [6.07, 6.45) is 0.887. The third kappa shape index (κ3) is 2.19. The molecule has 1 unspecified atom stereocenters. The van der Waals surface area contributed by atoms with E-state index in [0.717, 1.165) is 6.42 Å². The first-order chi connectivity index (χ1) is 8.52. The number of anilines is 2. The number of hydrogen-bond acceptors (Lipinski definition) is 7. The van der Waals surface area contributed by atoms with E-state index in [-0.39, 0.29) is 29.3 Å². The number of nitrogens with zero attached hydrogens (tertiary/aromatic N) is 4. The topological polar surface area (TPSA) is 107 Å². The third-order valence-corrected chi connectivity index (χ3v) is 3.02. The molecule has 0 saturated carbocycles. The maximum atomic E-state index is 11.1. The summed E-state index contributed by atoms with van der Waals surface area (Å²) < 4.78 is 5.24. The molecule has 98 valence electrons. The normalized spacial score (nSPS) is 19.2. The van der Waals surface area contributed by atoms with Gasteiger partial charge in [-0.1, -0.05) is 0 Å². The van der Waals surface area contributed by atoms with Crippen molar-refractivity contribution in [3.63, 3.8) is 0 Å². The Bertz CT molecular complexity index is 479. The summed E-state index contributed by atoms with van der Waals surface area (Å²) in [6.45, 7) is 2.80. The summed E-state index contributed by atoms with van der Waals surface area (Å²) in [7, 11) is 1.63. The molecule has 1 aromatic heterocycles. The van der Waals surface area contributed by atoms with Crippen LogP contribution in [0.15, 0.2) is 0 Å². The van der Waals surface area contributed by atoms with Crippen LogP contribution in [0.1, 0.15) is 12.1 Å². The molecule has 1 aliphatic heterocycles. The maximum Gasteiger partial charge on any atom is 0.332 e. The van der Waals surface area contributed by atoms with Crippen LogP contribution in [0, 0.1) is 17.0 Å². The number of nitrogen functional groups attached to an aromatic ring is 1. The molecule has 0 amide bonds. The smallest absolute Gasteiger partial charge is 0.332 e. The lowest BCUT2D eigenvalue weighted by molar-refractivity contribution is -0.385. The van der Waals surface area contributed by atoms with Gasteiger partial charge in [-0.15, -0.1) is 0 Å². The van der Waals surface area contributed by atoms with Gasteiger partial charge in [0.15, 0.2) is 0 Å². The monoisotopic (exact) mass is 253 g/mol. The standard InChI is InChI=1S/C10H15N5O3/c1-6-8(15(16)17)9(13-10(11)12-6)14-4-3-7(5-14)18-2/h7H,3-5H2,1-2H3,(H2,11,12,13). The molecule has 0 bridgehead atoms.